The lowest BCUT2D eigenvalue weighted by molar-refractivity contribution is -0.137. The SMILES string of the molecule is C=CCn1c(SCC(=O)Nc2ccccc2C(F)(F)F)nnc1-c1cc(-c2ccccc2)nc2ccccc12. The topological polar surface area (TPSA) is 72.7 Å². The van der Waals surface area contributed by atoms with Crippen LogP contribution in [0, 0.1) is 0 Å². The maximum Gasteiger partial charge on any atom is 0.418 e. The number of pyridine rings is 1. The van der Waals surface area contributed by atoms with Crippen molar-refractivity contribution < 1.29 is 18.0 Å². The van der Waals surface area contributed by atoms with Crippen molar-refractivity contribution in [3.8, 4) is 22.6 Å². The van der Waals surface area contributed by atoms with E-state index in [0.29, 0.717) is 17.5 Å². The first-order valence-corrected chi connectivity index (χ1v) is 12.9. The highest BCUT2D eigenvalue weighted by atomic mass is 32.2. The largest absolute Gasteiger partial charge is 0.418 e. The number of carbonyl (C=O) groups is 1. The van der Waals surface area contributed by atoms with Gasteiger partial charge in [-0.1, -0.05) is 78.5 Å². The van der Waals surface area contributed by atoms with Crippen LogP contribution in [0.1, 0.15) is 5.56 Å². The van der Waals surface area contributed by atoms with Crippen LogP contribution in [-0.2, 0) is 17.5 Å². The second kappa shape index (κ2) is 11.1. The molecule has 5 aromatic rings. The Balaban J connectivity index is 1.46. The molecule has 0 radical (unpaired) electrons. The highest BCUT2D eigenvalue weighted by Gasteiger charge is 2.33. The number of carbonyl (C=O) groups excluding carboxylic acids is 1. The van der Waals surface area contributed by atoms with Crippen molar-refractivity contribution in [2.75, 3.05) is 11.1 Å². The molecule has 1 amide bonds. The molecule has 0 bridgehead atoms. The van der Waals surface area contributed by atoms with Gasteiger partial charge in [-0.25, -0.2) is 4.98 Å². The molecule has 6 nitrogen and oxygen atoms in total. The molecular weight excluding hydrogens is 523 g/mol. The van der Waals surface area contributed by atoms with Crippen LogP contribution in [0.25, 0.3) is 33.5 Å². The van der Waals surface area contributed by atoms with Crippen molar-refractivity contribution in [2.45, 2.75) is 17.9 Å². The quantitative estimate of drug-likeness (QED) is 0.166. The summed E-state index contributed by atoms with van der Waals surface area (Å²) in [5.74, 6) is -0.184. The second-order valence-electron chi connectivity index (χ2n) is 8.52. The molecule has 39 heavy (non-hydrogen) atoms. The lowest BCUT2D eigenvalue weighted by Gasteiger charge is -2.13. The second-order valence-corrected chi connectivity index (χ2v) is 9.47. The van der Waals surface area contributed by atoms with Crippen LogP contribution in [0.3, 0.4) is 0 Å². The van der Waals surface area contributed by atoms with E-state index in [9.17, 15) is 18.0 Å². The number of para-hydroxylation sites is 2. The van der Waals surface area contributed by atoms with Gasteiger partial charge in [-0.2, -0.15) is 13.2 Å². The van der Waals surface area contributed by atoms with Gasteiger partial charge >= 0.3 is 6.18 Å². The van der Waals surface area contributed by atoms with Gasteiger partial charge in [0.2, 0.25) is 5.91 Å². The zero-order chi connectivity index (χ0) is 27.4. The molecule has 0 atom stereocenters. The van der Waals surface area contributed by atoms with Crippen LogP contribution < -0.4 is 5.32 Å². The Hall–Kier alpha value is -4.44. The van der Waals surface area contributed by atoms with Gasteiger partial charge in [0.1, 0.15) is 0 Å². The molecule has 0 saturated heterocycles. The molecule has 5 rings (SSSR count). The van der Waals surface area contributed by atoms with Gasteiger partial charge in [-0.05, 0) is 24.3 Å². The Morgan fingerprint density at radius 1 is 0.974 bits per heavy atom. The van der Waals surface area contributed by atoms with Crippen LogP contribution in [-0.4, -0.2) is 31.4 Å². The number of aromatic nitrogens is 4. The molecular formula is C29H22F3N5OS. The minimum absolute atomic E-state index is 0.159. The maximum absolute atomic E-state index is 13.3. The lowest BCUT2D eigenvalue weighted by atomic mass is 10.0. The van der Waals surface area contributed by atoms with Crippen molar-refractivity contribution >= 4 is 34.3 Å². The zero-order valence-corrected chi connectivity index (χ0v) is 21.3. The molecule has 0 spiro atoms. The number of hydrogen-bond donors (Lipinski definition) is 1. The third-order valence-corrected chi connectivity index (χ3v) is 6.86. The number of anilines is 1. The van der Waals surface area contributed by atoms with E-state index in [4.69, 9.17) is 4.98 Å². The fraction of sp³-hybridized carbons (Fsp3) is 0.103. The van der Waals surface area contributed by atoms with Crippen LogP contribution in [0.5, 0.6) is 0 Å². The highest BCUT2D eigenvalue weighted by molar-refractivity contribution is 7.99. The Kier molecular flexibility index (Phi) is 7.47. The van der Waals surface area contributed by atoms with Crippen LogP contribution >= 0.6 is 11.8 Å². The van der Waals surface area contributed by atoms with Crippen LogP contribution in [0.15, 0.2) is 103 Å². The molecule has 2 heterocycles. The molecule has 0 fully saturated rings. The van der Waals surface area contributed by atoms with Gasteiger partial charge in [-0.3, -0.25) is 9.36 Å². The Bertz CT molecular complexity index is 1650. The summed E-state index contributed by atoms with van der Waals surface area (Å²) in [4.78, 5) is 17.4. The third kappa shape index (κ3) is 5.70. The number of hydrogen-bond acceptors (Lipinski definition) is 5. The summed E-state index contributed by atoms with van der Waals surface area (Å²) in [6.45, 7) is 4.20. The van der Waals surface area contributed by atoms with Gasteiger partial charge in [0, 0.05) is 23.1 Å². The molecule has 0 aliphatic heterocycles. The summed E-state index contributed by atoms with van der Waals surface area (Å²) >= 11 is 1.08. The maximum atomic E-state index is 13.3. The normalized spacial score (nSPS) is 11.5. The van der Waals surface area contributed by atoms with E-state index >= 15 is 0 Å². The number of halogens is 3. The van der Waals surface area contributed by atoms with E-state index in [1.807, 2.05) is 65.2 Å². The van der Waals surface area contributed by atoms with Crippen molar-refractivity contribution in [3.63, 3.8) is 0 Å². The highest BCUT2D eigenvalue weighted by Crippen LogP contribution is 2.35. The molecule has 0 unspecified atom stereocenters. The summed E-state index contributed by atoms with van der Waals surface area (Å²) in [6.07, 6.45) is -2.89. The number of fused-ring (bicyclic) bond motifs is 1. The molecule has 1 N–H and O–H groups in total. The summed E-state index contributed by atoms with van der Waals surface area (Å²) in [5.41, 5.74) is 2.13. The van der Waals surface area contributed by atoms with Crippen LogP contribution in [0.4, 0.5) is 18.9 Å². The first kappa shape index (κ1) is 26.2. The van der Waals surface area contributed by atoms with E-state index in [1.165, 1.54) is 18.2 Å². The molecule has 10 heteroatoms. The molecule has 196 valence electrons. The monoisotopic (exact) mass is 545 g/mol. The number of rotatable bonds is 8. The van der Waals surface area contributed by atoms with Crippen molar-refractivity contribution in [1.82, 2.24) is 19.7 Å². The van der Waals surface area contributed by atoms with Crippen LogP contribution in [0.2, 0.25) is 0 Å². The Labute approximate surface area is 226 Å². The van der Waals surface area contributed by atoms with E-state index in [-0.39, 0.29) is 11.4 Å². The number of thioether (sulfide) groups is 1. The zero-order valence-electron chi connectivity index (χ0n) is 20.5. The summed E-state index contributed by atoms with van der Waals surface area (Å²) < 4.78 is 41.7. The molecule has 3 aromatic carbocycles. The summed E-state index contributed by atoms with van der Waals surface area (Å²) in [7, 11) is 0. The predicted octanol–water partition coefficient (Wildman–Crippen LogP) is 7.10. The first-order chi connectivity index (χ1) is 18.8. The lowest BCUT2D eigenvalue weighted by Crippen LogP contribution is -2.18. The molecule has 0 aliphatic rings. The fourth-order valence-corrected chi connectivity index (χ4v) is 4.91. The number of nitrogens with one attached hydrogen (secondary N) is 1. The molecule has 0 saturated carbocycles. The van der Waals surface area contributed by atoms with Crippen molar-refractivity contribution in [3.05, 3.63) is 103 Å². The average molecular weight is 546 g/mol. The Morgan fingerprint density at radius 3 is 2.46 bits per heavy atom. The Morgan fingerprint density at radius 2 is 1.69 bits per heavy atom. The summed E-state index contributed by atoms with van der Waals surface area (Å²) in [6, 6.07) is 24.3. The number of allylic oxidation sites excluding steroid dienone is 1. The smallest absolute Gasteiger partial charge is 0.325 e. The minimum atomic E-state index is -4.58. The van der Waals surface area contributed by atoms with E-state index in [1.54, 1.807) is 6.08 Å². The summed E-state index contributed by atoms with van der Waals surface area (Å²) in [5, 5.41) is 12.4. The van der Waals surface area contributed by atoms with Gasteiger partial charge < -0.3 is 5.32 Å². The van der Waals surface area contributed by atoms with Crippen molar-refractivity contribution in [1.29, 1.82) is 0 Å². The van der Waals surface area contributed by atoms with Gasteiger partial charge in [0.05, 0.1) is 28.2 Å². The van der Waals surface area contributed by atoms with E-state index < -0.39 is 17.6 Å². The predicted molar refractivity (Wildman–Crippen MR) is 147 cm³/mol. The number of benzene rings is 3. The standard InChI is InChI=1S/C29H22F3N5OS/c1-2-16-37-27(21-17-25(19-10-4-3-5-11-19)33-23-14-8-6-12-20(21)23)35-36-28(37)39-18-26(38)34-24-15-9-7-13-22(24)29(30,31)32/h2-15,17H,1,16,18H2,(H,34,38). The number of alkyl halides is 3. The first-order valence-electron chi connectivity index (χ1n) is 11.9. The van der Waals surface area contributed by atoms with Gasteiger partial charge in [0.15, 0.2) is 11.0 Å². The van der Waals surface area contributed by atoms with Gasteiger partial charge in [-0.15, -0.1) is 16.8 Å². The van der Waals surface area contributed by atoms with E-state index in [2.05, 4.69) is 22.1 Å². The fourth-order valence-electron chi connectivity index (χ4n) is 4.16. The third-order valence-electron chi connectivity index (χ3n) is 5.89. The number of amides is 1. The molecule has 0 aliphatic carbocycles. The average Bonchev–Trinajstić information content (AvgIpc) is 3.34. The van der Waals surface area contributed by atoms with E-state index in [0.717, 1.165) is 45.6 Å². The number of nitrogens with zero attached hydrogens (tertiary/aromatic N) is 4. The van der Waals surface area contributed by atoms with Gasteiger partial charge in [0.25, 0.3) is 0 Å². The van der Waals surface area contributed by atoms with Crippen molar-refractivity contribution in [2.24, 2.45) is 0 Å². The molecule has 2 aromatic heterocycles. The minimum Gasteiger partial charge on any atom is -0.325 e.